The maximum Gasteiger partial charge on any atom is 0.226 e. The van der Waals surface area contributed by atoms with E-state index in [9.17, 15) is 9.59 Å². The molecule has 2 heterocycles. The predicted molar refractivity (Wildman–Crippen MR) is 96.4 cm³/mol. The molecular weight excluding hydrogens is 316 g/mol. The highest BCUT2D eigenvalue weighted by molar-refractivity contribution is 5.81. The first-order chi connectivity index (χ1) is 12.2. The second-order valence-electron chi connectivity index (χ2n) is 7.07. The van der Waals surface area contributed by atoms with E-state index in [1.807, 2.05) is 34.1 Å². The molecule has 2 saturated heterocycles. The van der Waals surface area contributed by atoms with Gasteiger partial charge in [0.05, 0.1) is 13.5 Å². The van der Waals surface area contributed by atoms with Crippen molar-refractivity contribution in [1.29, 1.82) is 0 Å². The fraction of sp³-hybridized carbons (Fsp3) is 0.600. The third kappa shape index (κ3) is 4.53. The van der Waals surface area contributed by atoms with Gasteiger partial charge < -0.3 is 14.5 Å². The minimum atomic E-state index is 0.0963. The van der Waals surface area contributed by atoms with Crippen molar-refractivity contribution < 1.29 is 14.3 Å². The van der Waals surface area contributed by atoms with Gasteiger partial charge in [0.2, 0.25) is 11.8 Å². The SMILES string of the molecule is COc1cccc(CC(=O)N2CCC(C(=O)N3CCCCC3)CC2)c1. The van der Waals surface area contributed by atoms with Crippen molar-refractivity contribution in [3.8, 4) is 5.75 Å². The molecule has 5 nitrogen and oxygen atoms in total. The Morgan fingerprint density at radius 1 is 1.04 bits per heavy atom. The van der Waals surface area contributed by atoms with Gasteiger partial charge in [0.25, 0.3) is 0 Å². The second-order valence-corrected chi connectivity index (χ2v) is 7.07. The summed E-state index contributed by atoms with van der Waals surface area (Å²) in [4.78, 5) is 29.1. The van der Waals surface area contributed by atoms with Crippen LogP contribution in [0.3, 0.4) is 0 Å². The number of methoxy groups -OCH3 is 1. The van der Waals surface area contributed by atoms with Crippen molar-refractivity contribution >= 4 is 11.8 Å². The molecule has 0 N–H and O–H groups in total. The summed E-state index contributed by atoms with van der Waals surface area (Å²) in [5, 5.41) is 0. The van der Waals surface area contributed by atoms with E-state index in [1.54, 1.807) is 7.11 Å². The van der Waals surface area contributed by atoms with Crippen LogP contribution in [0.1, 0.15) is 37.7 Å². The van der Waals surface area contributed by atoms with Crippen LogP contribution in [0, 0.1) is 5.92 Å². The van der Waals surface area contributed by atoms with Gasteiger partial charge in [-0.3, -0.25) is 9.59 Å². The highest BCUT2D eigenvalue weighted by Crippen LogP contribution is 2.23. The summed E-state index contributed by atoms with van der Waals surface area (Å²) in [6, 6.07) is 7.65. The highest BCUT2D eigenvalue weighted by atomic mass is 16.5. The van der Waals surface area contributed by atoms with Crippen molar-refractivity contribution in [2.75, 3.05) is 33.3 Å². The molecule has 0 spiro atoms. The maximum atomic E-state index is 12.6. The lowest BCUT2D eigenvalue weighted by molar-refractivity contribution is -0.141. The zero-order chi connectivity index (χ0) is 17.6. The number of amides is 2. The number of piperidine rings is 2. The van der Waals surface area contributed by atoms with Crippen LogP contribution in [-0.4, -0.2) is 54.9 Å². The minimum absolute atomic E-state index is 0.0963. The van der Waals surface area contributed by atoms with Gasteiger partial charge >= 0.3 is 0 Å². The van der Waals surface area contributed by atoms with Gasteiger partial charge in [0.1, 0.15) is 5.75 Å². The topological polar surface area (TPSA) is 49.9 Å². The molecule has 2 amide bonds. The molecule has 2 fully saturated rings. The van der Waals surface area contributed by atoms with E-state index >= 15 is 0 Å². The number of hydrogen-bond acceptors (Lipinski definition) is 3. The van der Waals surface area contributed by atoms with Crippen molar-refractivity contribution in [2.24, 2.45) is 5.92 Å². The molecule has 0 radical (unpaired) electrons. The summed E-state index contributed by atoms with van der Waals surface area (Å²) in [7, 11) is 1.63. The smallest absolute Gasteiger partial charge is 0.226 e. The van der Waals surface area contributed by atoms with Crippen LogP contribution in [0.2, 0.25) is 0 Å². The van der Waals surface area contributed by atoms with Gasteiger partial charge in [-0.15, -0.1) is 0 Å². The molecule has 136 valence electrons. The predicted octanol–water partition coefficient (Wildman–Crippen LogP) is 2.49. The van der Waals surface area contributed by atoms with Crippen LogP contribution in [0.25, 0.3) is 0 Å². The van der Waals surface area contributed by atoms with Crippen molar-refractivity contribution in [3.63, 3.8) is 0 Å². The Morgan fingerprint density at radius 3 is 2.44 bits per heavy atom. The molecular formula is C20H28N2O3. The van der Waals surface area contributed by atoms with Crippen LogP contribution in [-0.2, 0) is 16.0 Å². The fourth-order valence-electron chi connectivity index (χ4n) is 3.82. The number of likely N-dealkylation sites (tertiary alicyclic amines) is 2. The Bertz CT molecular complexity index is 603. The number of carbonyl (C=O) groups excluding carboxylic acids is 2. The first kappa shape index (κ1) is 17.8. The van der Waals surface area contributed by atoms with E-state index in [1.165, 1.54) is 6.42 Å². The first-order valence-electron chi connectivity index (χ1n) is 9.37. The largest absolute Gasteiger partial charge is 0.497 e. The lowest BCUT2D eigenvalue weighted by Gasteiger charge is -2.35. The van der Waals surface area contributed by atoms with E-state index in [0.29, 0.717) is 25.4 Å². The molecule has 5 heteroatoms. The lowest BCUT2D eigenvalue weighted by Crippen LogP contribution is -2.46. The Balaban J connectivity index is 1.49. The van der Waals surface area contributed by atoms with Crippen molar-refractivity contribution in [2.45, 2.75) is 38.5 Å². The standard InChI is InChI=1S/C20H28N2O3/c1-25-18-7-5-6-16(14-18)15-19(23)21-12-8-17(9-13-21)20(24)22-10-3-2-4-11-22/h5-7,14,17H,2-4,8-13,15H2,1H3. The lowest BCUT2D eigenvalue weighted by atomic mass is 9.94. The summed E-state index contributed by atoms with van der Waals surface area (Å²) < 4.78 is 5.21. The van der Waals surface area contributed by atoms with Gasteiger partial charge in [0.15, 0.2) is 0 Å². The zero-order valence-electron chi connectivity index (χ0n) is 15.1. The number of carbonyl (C=O) groups is 2. The Kier molecular flexibility index (Phi) is 5.95. The summed E-state index contributed by atoms with van der Waals surface area (Å²) >= 11 is 0. The van der Waals surface area contributed by atoms with Crippen LogP contribution in [0.15, 0.2) is 24.3 Å². The molecule has 1 aromatic carbocycles. The molecule has 0 bridgehead atoms. The van der Waals surface area contributed by atoms with Crippen molar-refractivity contribution in [3.05, 3.63) is 29.8 Å². The Hall–Kier alpha value is -2.04. The van der Waals surface area contributed by atoms with E-state index in [4.69, 9.17) is 4.74 Å². The van der Waals surface area contributed by atoms with Crippen LogP contribution in [0.4, 0.5) is 0 Å². The minimum Gasteiger partial charge on any atom is -0.497 e. The van der Waals surface area contributed by atoms with Gasteiger partial charge in [-0.1, -0.05) is 12.1 Å². The molecule has 0 atom stereocenters. The van der Waals surface area contributed by atoms with Gasteiger partial charge in [-0.05, 0) is 49.8 Å². The molecule has 0 aliphatic carbocycles. The van der Waals surface area contributed by atoms with E-state index < -0.39 is 0 Å². The quantitative estimate of drug-likeness (QED) is 0.843. The van der Waals surface area contributed by atoms with Crippen LogP contribution in [0.5, 0.6) is 5.75 Å². The number of ether oxygens (including phenoxy) is 1. The fourth-order valence-corrected chi connectivity index (χ4v) is 3.82. The maximum absolute atomic E-state index is 12.6. The monoisotopic (exact) mass is 344 g/mol. The number of nitrogens with zero attached hydrogens (tertiary/aromatic N) is 2. The summed E-state index contributed by atoms with van der Waals surface area (Å²) in [5.41, 5.74) is 0.968. The normalized spacial score (nSPS) is 18.9. The summed E-state index contributed by atoms with van der Waals surface area (Å²) in [6.45, 7) is 3.20. The molecule has 3 rings (SSSR count). The zero-order valence-corrected chi connectivity index (χ0v) is 15.1. The van der Waals surface area contributed by atoms with Gasteiger partial charge in [0, 0.05) is 32.1 Å². The number of hydrogen-bond donors (Lipinski definition) is 0. The third-order valence-corrected chi connectivity index (χ3v) is 5.35. The van der Waals surface area contributed by atoms with Gasteiger partial charge in [-0.2, -0.15) is 0 Å². The molecule has 0 aromatic heterocycles. The Labute approximate surface area is 149 Å². The molecule has 0 unspecified atom stereocenters. The van der Waals surface area contributed by atoms with E-state index in [0.717, 1.165) is 50.1 Å². The van der Waals surface area contributed by atoms with Crippen LogP contribution >= 0.6 is 0 Å². The van der Waals surface area contributed by atoms with Gasteiger partial charge in [-0.25, -0.2) is 0 Å². The average Bonchev–Trinajstić information content (AvgIpc) is 2.68. The number of benzene rings is 1. The second kappa shape index (κ2) is 8.37. The third-order valence-electron chi connectivity index (χ3n) is 5.35. The molecule has 25 heavy (non-hydrogen) atoms. The molecule has 0 saturated carbocycles. The average molecular weight is 344 g/mol. The van der Waals surface area contributed by atoms with E-state index in [2.05, 4.69) is 0 Å². The summed E-state index contributed by atoms with van der Waals surface area (Å²) in [5.74, 6) is 1.31. The number of rotatable bonds is 4. The van der Waals surface area contributed by atoms with Crippen LogP contribution < -0.4 is 4.74 Å². The Morgan fingerprint density at radius 2 is 1.76 bits per heavy atom. The van der Waals surface area contributed by atoms with Crippen molar-refractivity contribution in [1.82, 2.24) is 9.80 Å². The summed E-state index contributed by atoms with van der Waals surface area (Å²) in [6.07, 6.45) is 5.47. The highest BCUT2D eigenvalue weighted by Gasteiger charge is 2.30. The molecule has 2 aliphatic heterocycles. The molecule has 1 aromatic rings. The van der Waals surface area contributed by atoms with E-state index in [-0.39, 0.29) is 11.8 Å². The molecule has 2 aliphatic rings. The first-order valence-corrected chi connectivity index (χ1v) is 9.37.